The van der Waals surface area contributed by atoms with Crippen molar-refractivity contribution in [3.05, 3.63) is 60.2 Å². The summed E-state index contributed by atoms with van der Waals surface area (Å²) in [5.74, 6) is 1.65. The molecule has 29 heavy (non-hydrogen) atoms. The Morgan fingerprint density at radius 3 is 2.59 bits per heavy atom. The van der Waals surface area contributed by atoms with Crippen molar-refractivity contribution in [1.82, 2.24) is 9.88 Å². The summed E-state index contributed by atoms with van der Waals surface area (Å²) in [6.45, 7) is 2.27. The molecule has 7 heteroatoms. The van der Waals surface area contributed by atoms with Gasteiger partial charge in [-0.25, -0.2) is 4.98 Å². The number of fused-ring (bicyclic) bond motifs is 1. The Kier molecular flexibility index (Phi) is 5.54. The molecule has 1 saturated heterocycles. The molecule has 0 saturated carbocycles. The van der Waals surface area contributed by atoms with Gasteiger partial charge in [-0.15, -0.1) is 0 Å². The van der Waals surface area contributed by atoms with Gasteiger partial charge in [0.1, 0.15) is 11.5 Å². The molecular weight excluding hydrogens is 370 g/mol. The van der Waals surface area contributed by atoms with Crippen molar-refractivity contribution in [1.29, 1.82) is 5.26 Å². The van der Waals surface area contributed by atoms with Gasteiger partial charge in [-0.2, -0.15) is 5.26 Å². The lowest BCUT2D eigenvalue weighted by Crippen LogP contribution is -2.43. The highest BCUT2D eigenvalue weighted by atomic mass is 16.5. The van der Waals surface area contributed by atoms with Gasteiger partial charge in [-0.3, -0.25) is 4.79 Å². The van der Waals surface area contributed by atoms with E-state index in [1.54, 1.807) is 35.2 Å². The van der Waals surface area contributed by atoms with E-state index < -0.39 is 0 Å². The Morgan fingerprint density at radius 2 is 1.83 bits per heavy atom. The molecule has 0 atom stereocenters. The molecule has 3 aromatic rings. The largest absolute Gasteiger partial charge is 0.468 e. The molecule has 0 radical (unpaired) electrons. The molecule has 1 aliphatic heterocycles. The van der Waals surface area contributed by atoms with Crippen molar-refractivity contribution in [2.45, 2.75) is 0 Å². The molecule has 2 heterocycles. The zero-order valence-corrected chi connectivity index (χ0v) is 15.7. The van der Waals surface area contributed by atoms with Crippen LogP contribution in [-0.2, 0) is 9.53 Å². The van der Waals surface area contributed by atoms with Crippen molar-refractivity contribution >= 4 is 16.8 Å². The van der Waals surface area contributed by atoms with Crippen LogP contribution in [0, 0.1) is 11.3 Å². The molecular formula is C22H19N3O4. The summed E-state index contributed by atoms with van der Waals surface area (Å²) < 4.78 is 16.7. The first kappa shape index (κ1) is 18.7. The first-order valence-electron chi connectivity index (χ1n) is 9.28. The monoisotopic (exact) mass is 389 g/mol. The Bertz CT molecular complexity index is 1050. The van der Waals surface area contributed by atoms with E-state index in [0.29, 0.717) is 49.2 Å². The summed E-state index contributed by atoms with van der Waals surface area (Å²) in [5, 5.41) is 9.75. The number of carbonyl (C=O) groups excluding carboxylic acids is 1. The number of amides is 1. The molecule has 0 unspecified atom stereocenters. The number of ether oxygens (including phenoxy) is 3. The van der Waals surface area contributed by atoms with Gasteiger partial charge in [0, 0.05) is 24.5 Å². The van der Waals surface area contributed by atoms with Gasteiger partial charge in [-0.1, -0.05) is 0 Å². The van der Waals surface area contributed by atoms with Crippen molar-refractivity contribution in [2.24, 2.45) is 0 Å². The number of hydrogen-bond donors (Lipinski definition) is 0. The van der Waals surface area contributed by atoms with Gasteiger partial charge in [0.2, 0.25) is 5.88 Å². The molecule has 146 valence electrons. The molecule has 1 aliphatic rings. The summed E-state index contributed by atoms with van der Waals surface area (Å²) in [4.78, 5) is 18.4. The fraction of sp³-hybridized carbons (Fsp3) is 0.227. The van der Waals surface area contributed by atoms with Crippen molar-refractivity contribution < 1.29 is 19.0 Å². The zero-order chi connectivity index (χ0) is 20.1. The standard InChI is InChI=1S/C22H19N3O4/c23-14-16-1-4-18(5-2-16)29-19-6-7-20-17(13-19)3-8-21(24-20)28-15-22(26)25-9-11-27-12-10-25/h1-8,13H,9-12,15H2. The summed E-state index contributed by atoms with van der Waals surface area (Å²) in [5.41, 5.74) is 1.33. The van der Waals surface area contributed by atoms with Crippen LogP contribution in [0.1, 0.15) is 5.56 Å². The first-order valence-corrected chi connectivity index (χ1v) is 9.28. The maximum atomic E-state index is 12.2. The smallest absolute Gasteiger partial charge is 0.260 e. The fourth-order valence-electron chi connectivity index (χ4n) is 3.00. The van der Waals surface area contributed by atoms with Crippen LogP contribution in [-0.4, -0.2) is 48.7 Å². The fourth-order valence-corrected chi connectivity index (χ4v) is 3.00. The molecule has 0 bridgehead atoms. The first-order chi connectivity index (χ1) is 14.2. The lowest BCUT2D eigenvalue weighted by atomic mass is 10.2. The SMILES string of the molecule is N#Cc1ccc(Oc2ccc3nc(OCC(=O)N4CCOCC4)ccc3c2)cc1. The van der Waals surface area contributed by atoms with Crippen LogP contribution < -0.4 is 9.47 Å². The highest BCUT2D eigenvalue weighted by molar-refractivity contribution is 5.81. The quantitative estimate of drug-likeness (QED) is 0.667. The summed E-state index contributed by atoms with van der Waals surface area (Å²) >= 11 is 0. The van der Waals surface area contributed by atoms with Crippen molar-refractivity contribution in [3.63, 3.8) is 0 Å². The van der Waals surface area contributed by atoms with E-state index in [1.165, 1.54) is 0 Å². The molecule has 1 amide bonds. The topological polar surface area (TPSA) is 84.7 Å². The molecule has 2 aromatic carbocycles. The Labute approximate surface area is 168 Å². The lowest BCUT2D eigenvalue weighted by Gasteiger charge is -2.26. The van der Waals surface area contributed by atoms with Gasteiger partial charge in [-0.05, 0) is 48.5 Å². The molecule has 0 N–H and O–H groups in total. The van der Waals surface area contributed by atoms with E-state index in [0.717, 1.165) is 10.9 Å². The predicted octanol–water partition coefficient (Wildman–Crippen LogP) is 3.14. The number of carbonyl (C=O) groups is 1. The van der Waals surface area contributed by atoms with Gasteiger partial charge < -0.3 is 19.1 Å². The maximum Gasteiger partial charge on any atom is 0.260 e. The van der Waals surface area contributed by atoms with Gasteiger partial charge >= 0.3 is 0 Å². The number of aromatic nitrogens is 1. The average molecular weight is 389 g/mol. The van der Waals surface area contributed by atoms with Crippen LogP contribution in [0.4, 0.5) is 0 Å². The number of benzene rings is 2. The van der Waals surface area contributed by atoms with Crippen LogP contribution in [0.2, 0.25) is 0 Å². The average Bonchev–Trinajstić information content (AvgIpc) is 2.78. The van der Waals surface area contributed by atoms with E-state index in [9.17, 15) is 4.79 Å². The zero-order valence-electron chi connectivity index (χ0n) is 15.7. The second-order valence-corrected chi connectivity index (χ2v) is 6.52. The molecule has 1 aromatic heterocycles. The third-order valence-electron chi connectivity index (χ3n) is 4.56. The Balaban J connectivity index is 1.41. The van der Waals surface area contributed by atoms with Crippen LogP contribution in [0.5, 0.6) is 17.4 Å². The van der Waals surface area contributed by atoms with Crippen molar-refractivity contribution in [2.75, 3.05) is 32.9 Å². The van der Waals surface area contributed by atoms with Gasteiger partial charge in [0.05, 0.1) is 30.4 Å². The van der Waals surface area contributed by atoms with Gasteiger partial charge in [0.15, 0.2) is 6.61 Å². The van der Waals surface area contributed by atoms with Gasteiger partial charge in [0.25, 0.3) is 5.91 Å². The Hall–Kier alpha value is -3.63. The summed E-state index contributed by atoms with van der Waals surface area (Å²) in [7, 11) is 0. The van der Waals surface area contributed by atoms with E-state index in [1.807, 2.05) is 24.3 Å². The molecule has 0 spiro atoms. The summed E-state index contributed by atoms with van der Waals surface area (Å²) in [6.07, 6.45) is 0. The van der Waals surface area contributed by atoms with E-state index in [-0.39, 0.29) is 12.5 Å². The predicted molar refractivity (Wildman–Crippen MR) is 106 cm³/mol. The van der Waals surface area contributed by atoms with Crippen LogP contribution >= 0.6 is 0 Å². The van der Waals surface area contributed by atoms with E-state index in [2.05, 4.69) is 11.1 Å². The van der Waals surface area contributed by atoms with Crippen molar-refractivity contribution in [3.8, 4) is 23.4 Å². The highest BCUT2D eigenvalue weighted by Gasteiger charge is 2.17. The van der Waals surface area contributed by atoms with E-state index in [4.69, 9.17) is 19.5 Å². The van der Waals surface area contributed by atoms with E-state index >= 15 is 0 Å². The normalized spacial score (nSPS) is 13.7. The number of nitriles is 1. The van der Waals surface area contributed by atoms with Crippen LogP contribution in [0.15, 0.2) is 54.6 Å². The molecule has 7 nitrogen and oxygen atoms in total. The number of pyridine rings is 1. The third-order valence-corrected chi connectivity index (χ3v) is 4.56. The number of nitrogens with zero attached hydrogens (tertiary/aromatic N) is 3. The Morgan fingerprint density at radius 1 is 1.07 bits per heavy atom. The maximum absolute atomic E-state index is 12.2. The molecule has 0 aliphatic carbocycles. The third kappa shape index (κ3) is 4.62. The summed E-state index contributed by atoms with van der Waals surface area (Å²) in [6, 6.07) is 18.1. The number of rotatable bonds is 5. The molecule has 1 fully saturated rings. The minimum Gasteiger partial charge on any atom is -0.468 e. The number of morpholine rings is 1. The minimum absolute atomic E-state index is 0.0433. The highest BCUT2D eigenvalue weighted by Crippen LogP contribution is 2.26. The lowest BCUT2D eigenvalue weighted by molar-refractivity contribution is -0.137. The minimum atomic E-state index is -0.0682. The van der Waals surface area contributed by atoms with Crippen LogP contribution in [0.25, 0.3) is 10.9 Å². The molecule has 4 rings (SSSR count). The van der Waals surface area contributed by atoms with Crippen LogP contribution in [0.3, 0.4) is 0 Å². The second kappa shape index (κ2) is 8.59. The number of hydrogen-bond acceptors (Lipinski definition) is 6. The second-order valence-electron chi connectivity index (χ2n) is 6.52.